The van der Waals surface area contributed by atoms with Crippen molar-refractivity contribution in [3.05, 3.63) is 95.7 Å². The normalized spacial score (nSPS) is 19.1. The largest absolute Gasteiger partial charge is 0.297 e. The monoisotopic (exact) mass is 370 g/mol. The molecule has 2 heterocycles. The van der Waals surface area contributed by atoms with Crippen molar-refractivity contribution in [2.75, 3.05) is 4.90 Å². The maximum Gasteiger partial charge on any atom is 0.297 e. The number of nitrogens with zero attached hydrogens (tertiary/aromatic N) is 2. The molecule has 0 spiro atoms. The third kappa shape index (κ3) is 2.91. The van der Waals surface area contributed by atoms with Gasteiger partial charge in [-0.1, -0.05) is 66.7 Å². The van der Waals surface area contributed by atoms with Crippen molar-refractivity contribution < 1.29 is 14.4 Å². The second-order valence-corrected chi connectivity index (χ2v) is 6.75. The highest BCUT2D eigenvalue weighted by molar-refractivity contribution is 6.48. The van der Waals surface area contributed by atoms with E-state index >= 15 is 0 Å². The summed E-state index contributed by atoms with van der Waals surface area (Å²) in [6.45, 7) is 1.83. The van der Waals surface area contributed by atoms with Gasteiger partial charge in [-0.15, -0.1) is 0 Å². The lowest BCUT2D eigenvalue weighted by atomic mass is 9.86. The van der Waals surface area contributed by atoms with Crippen LogP contribution >= 0.6 is 0 Å². The molecule has 2 unspecified atom stereocenters. The number of ketones is 2. The fourth-order valence-corrected chi connectivity index (χ4v) is 3.66. The minimum atomic E-state index is -1.11. The van der Waals surface area contributed by atoms with Crippen molar-refractivity contribution in [3.8, 4) is 0 Å². The van der Waals surface area contributed by atoms with E-state index in [1.54, 1.807) is 42.6 Å². The summed E-state index contributed by atoms with van der Waals surface area (Å²) in [4.78, 5) is 44.9. The molecule has 1 amide bonds. The van der Waals surface area contributed by atoms with Gasteiger partial charge in [0, 0.05) is 11.8 Å². The van der Waals surface area contributed by atoms with Crippen LogP contribution in [-0.2, 0) is 9.59 Å². The predicted octanol–water partition coefficient (Wildman–Crippen LogP) is 3.55. The zero-order valence-corrected chi connectivity index (χ0v) is 15.3. The number of hydrogen-bond acceptors (Lipinski definition) is 4. The Hall–Kier alpha value is -3.60. The Balaban J connectivity index is 1.88. The molecule has 2 aromatic carbocycles. The second kappa shape index (κ2) is 7.19. The van der Waals surface area contributed by atoms with Crippen LogP contribution in [0.5, 0.6) is 0 Å². The molecule has 3 aromatic rings. The van der Waals surface area contributed by atoms with E-state index in [0.29, 0.717) is 11.4 Å². The molecule has 0 N–H and O–H groups in total. The van der Waals surface area contributed by atoms with Gasteiger partial charge in [0.05, 0.1) is 6.04 Å². The summed E-state index contributed by atoms with van der Waals surface area (Å²) in [7, 11) is 0. The van der Waals surface area contributed by atoms with Crippen LogP contribution in [0.1, 0.15) is 27.5 Å². The molecule has 5 heteroatoms. The minimum Gasteiger partial charge on any atom is -0.293 e. The average Bonchev–Trinajstić information content (AvgIpc) is 3.00. The lowest BCUT2D eigenvalue weighted by molar-refractivity contribution is -0.135. The van der Waals surface area contributed by atoms with Crippen LogP contribution in [-0.4, -0.2) is 22.5 Å². The molecule has 0 radical (unpaired) electrons. The van der Waals surface area contributed by atoms with E-state index in [2.05, 4.69) is 4.98 Å². The molecule has 1 saturated heterocycles. The van der Waals surface area contributed by atoms with E-state index in [-0.39, 0.29) is 5.78 Å². The van der Waals surface area contributed by atoms with Crippen molar-refractivity contribution >= 4 is 23.3 Å². The summed E-state index contributed by atoms with van der Waals surface area (Å²) >= 11 is 0. The van der Waals surface area contributed by atoms with E-state index in [1.807, 2.05) is 43.3 Å². The third-order valence-corrected chi connectivity index (χ3v) is 5.00. The molecule has 138 valence electrons. The Bertz CT molecular complexity index is 1050. The summed E-state index contributed by atoms with van der Waals surface area (Å²) in [6.07, 6.45) is 1.58. The Kier molecular flexibility index (Phi) is 4.57. The molecule has 0 saturated carbocycles. The molecule has 0 bridgehead atoms. The van der Waals surface area contributed by atoms with Crippen molar-refractivity contribution in [2.45, 2.75) is 13.0 Å². The molecule has 0 aliphatic carbocycles. The lowest BCUT2D eigenvalue weighted by Gasteiger charge is -2.27. The van der Waals surface area contributed by atoms with Crippen LogP contribution < -0.4 is 4.90 Å². The quantitative estimate of drug-likeness (QED) is 0.400. The van der Waals surface area contributed by atoms with Crippen molar-refractivity contribution in [1.82, 2.24) is 4.98 Å². The van der Waals surface area contributed by atoms with Crippen molar-refractivity contribution in [3.63, 3.8) is 0 Å². The summed E-state index contributed by atoms with van der Waals surface area (Å²) in [5.41, 5.74) is 1.90. The summed E-state index contributed by atoms with van der Waals surface area (Å²) in [5, 5.41) is 0. The van der Waals surface area contributed by atoms with E-state index in [4.69, 9.17) is 0 Å². The molecule has 1 aliphatic rings. The highest BCUT2D eigenvalue weighted by Crippen LogP contribution is 2.41. The van der Waals surface area contributed by atoms with Gasteiger partial charge >= 0.3 is 0 Å². The molecule has 5 nitrogen and oxygen atoms in total. The Morgan fingerprint density at radius 2 is 1.54 bits per heavy atom. The van der Waals surface area contributed by atoms with Gasteiger partial charge < -0.3 is 0 Å². The van der Waals surface area contributed by atoms with Crippen LogP contribution in [0, 0.1) is 12.8 Å². The van der Waals surface area contributed by atoms with Crippen LogP contribution in [0.3, 0.4) is 0 Å². The van der Waals surface area contributed by atoms with Crippen LogP contribution in [0.15, 0.2) is 79.0 Å². The predicted molar refractivity (Wildman–Crippen MR) is 105 cm³/mol. The molecule has 1 aliphatic heterocycles. The first-order valence-corrected chi connectivity index (χ1v) is 9.03. The molecule has 2 atom stereocenters. The lowest BCUT2D eigenvalue weighted by Crippen LogP contribution is -2.31. The Morgan fingerprint density at radius 1 is 0.893 bits per heavy atom. The van der Waals surface area contributed by atoms with Gasteiger partial charge in [0.15, 0.2) is 5.78 Å². The van der Waals surface area contributed by atoms with E-state index in [1.165, 1.54) is 4.90 Å². The Labute approximate surface area is 162 Å². The molecular formula is C23H18N2O3. The van der Waals surface area contributed by atoms with Gasteiger partial charge in [0.2, 0.25) is 5.78 Å². The topological polar surface area (TPSA) is 67.3 Å². The van der Waals surface area contributed by atoms with Crippen LogP contribution in [0.4, 0.5) is 5.82 Å². The Morgan fingerprint density at radius 3 is 2.18 bits per heavy atom. The molecule has 28 heavy (non-hydrogen) atoms. The molecular weight excluding hydrogens is 352 g/mol. The zero-order chi connectivity index (χ0) is 19.7. The number of aromatic nitrogens is 1. The third-order valence-electron chi connectivity index (χ3n) is 5.00. The number of hydrogen-bond donors (Lipinski definition) is 0. The SMILES string of the molecule is Cc1cccnc1N1C(=O)C(=O)C(C(=O)c2ccccc2)C1c1ccccc1. The zero-order valence-electron chi connectivity index (χ0n) is 15.3. The highest BCUT2D eigenvalue weighted by Gasteiger charge is 2.52. The standard InChI is InChI=1S/C23H18N2O3/c1-15-9-8-14-24-22(15)25-19(16-10-4-2-5-11-16)18(21(27)23(25)28)20(26)17-12-6-3-7-13-17/h2-14,18-19H,1H3. The summed E-state index contributed by atoms with van der Waals surface area (Å²) < 4.78 is 0. The maximum absolute atomic E-state index is 13.2. The number of benzene rings is 2. The number of pyridine rings is 1. The van der Waals surface area contributed by atoms with Gasteiger partial charge in [-0.2, -0.15) is 0 Å². The molecule has 1 aromatic heterocycles. The number of carbonyl (C=O) groups is 3. The smallest absolute Gasteiger partial charge is 0.293 e. The van der Waals surface area contributed by atoms with Gasteiger partial charge in [0.25, 0.3) is 5.91 Å². The summed E-state index contributed by atoms with van der Waals surface area (Å²) in [5.74, 6) is -2.47. The van der Waals surface area contributed by atoms with E-state index in [9.17, 15) is 14.4 Å². The first kappa shape index (κ1) is 17.8. The summed E-state index contributed by atoms with van der Waals surface area (Å²) in [6, 6.07) is 20.6. The molecule has 4 rings (SSSR count). The average molecular weight is 370 g/mol. The van der Waals surface area contributed by atoms with Crippen LogP contribution in [0.2, 0.25) is 0 Å². The minimum absolute atomic E-state index is 0.358. The van der Waals surface area contributed by atoms with Gasteiger partial charge in [0.1, 0.15) is 11.7 Å². The first-order valence-electron chi connectivity index (χ1n) is 9.03. The number of amides is 1. The number of carbonyl (C=O) groups excluding carboxylic acids is 3. The number of anilines is 1. The fourth-order valence-electron chi connectivity index (χ4n) is 3.66. The maximum atomic E-state index is 13.2. The van der Waals surface area contributed by atoms with Gasteiger partial charge in [-0.3, -0.25) is 19.3 Å². The molecule has 1 fully saturated rings. The van der Waals surface area contributed by atoms with E-state index in [0.717, 1.165) is 11.1 Å². The van der Waals surface area contributed by atoms with E-state index < -0.39 is 23.7 Å². The van der Waals surface area contributed by atoms with Crippen molar-refractivity contribution in [1.29, 1.82) is 0 Å². The first-order chi connectivity index (χ1) is 13.6. The second-order valence-electron chi connectivity index (χ2n) is 6.75. The fraction of sp³-hybridized carbons (Fsp3) is 0.130. The number of rotatable bonds is 4. The van der Waals surface area contributed by atoms with Gasteiger partial charge in [-0.25, -0.2) is 4.98 Å². The highest BCUT2D eigenvalue weighted by atomic mass is 16.2. The van der Waals surface area contributed by atoms with Crippen LogP contribution in [0.25, 0.3) is 0 Å². The van der Waals surface area contributed by atoms with Gasteiger partial charge in [-0.05, 0) is 24.1 Å². The number of aryl methyl sites for hydroxylation is 1. The van der Waals surface area contributed by atoms with Crippen molar-refractivity contribution in [2.24, 2.45) is 5.92 Å². The number of Topliss-reactive ketones (excluding diaryl/α,β-unsaturated/α-hetero) is 2.